The van der Waals surface area contributed by atoms with Crippen LogP contribution in [0.5, 0.6) is 0 Å². The topological polar surface area (TPSA) is 39.1 Å². The molecule has 2 atom stereocenters. The van der Waals surface area contributed by atoms with Gasteiger partial charge in [0, 0.05) is 30.9 Å². The van der Waals surface area contributed by atoms with E-state index in [0.29, 0.717) is 12.5 Å². The Kier molecular flexibility index (Phi) is 4.22. The summed E-state index contributed by atoms with van der Waals surface area (Å²) in [7, 11) is 0. The van der Waals surface area contributed by atoms with Crippen LogP contribution in [0.2, 0.25) is 0 Å². The van der Waals surface area contributed by atoms with Crippen LogP contribution in [0.1, 0.15) is 25.8 Å². The standard InChI is InChI=1S/C15H21N3/c1-3-13-4-6-15(7-5-13)18-10-12(2)17-14(11-18)8-9-16/h4-7,12,14,17H,3,8,10-11H2,1-2H3. The van der Waals surface area contributed by atoms with Gasteiger partial charge in [0.15, 0.2) is 0 Å². The van der Waals surface area contributed by atoms with Gasteiger partial charge in [-0.15, -0.1) is 0 Å². The van der Waals surface area contributed by atoms with Crippen molar-refractivity contribution in [1.82, 2.24) is 5.32 Å². The Morgan fingerprint density at radius 1 is 1.33 bits per heavy atom. The third-order valence-electron chi connectivity index (χ3n) is 3.50. The van der Waals surface area contributed by atoms with Crippen molar-refractivity contribution in [2.45, 2.75) is 38.8 Å². The second-order valence-electron chi connectivity index (χ2n) is 5.05. The van der Waals surface area contributed by atoms with Crippen molar-refractivity contribution in [2.75, 3.05) is 18.0 Å². The maximum atomic E-state index is 8.82. The number of hydrogen-bond acceptors (Lipinski definition) is 3. The van der Waals surface area contributed by atoms with Crippen LogP contribution in [0.25, 0.3) is 0 Å². The first-order valence-corrected chi connectivity index (χ1v) is 6.69. The Balaban J connectivity index is 2.08. The molecule has 1 saturated heterocycles. The Labute approximate surface area is 109 Å². The summed E-state index contributed by atoms with van der Waals surface area (Å²) in [6.07, 6.45) is 1.66. The molecule has 3 heteroatoms. The van der Waals surface area contributed by atoms with Gasteiger partial charge < -0.3 is 10.2 Å². The molecule has 1 aromatic rings. The van der Waals surface area contributed by atoms with Gasteiger partial charge in [-0.25, -0.2) is 0 Å². The first-order valence-electron chi connectivity index (χ1n) is 6.69. The zero-order valence-electron chi connectivity index (χ0n) is 11.2. The van der Waals surface area contributed by atoms with E-state index in [1.54, 1.807) is 0 Å². The number of rotatable bonds is 3. The largest absolute Gasteiger partial charge is 0.368 e. The lowest BCUT2D eigenvalue weighted by Crippen LogP contribution is -2.55. The third-order valence-corrected chi connectivity index (χ3v) is 3.50. The van der Waals surface area contributed by atoms with Crippen molar-refractivity contribution in [3.63, 3.8) is 0 Å². The summed E-state index contributed by atoms with van der Waals surface area (Å²) in [6.45, 7) is 6.28. The minimum atomic E-state index is 0.282. The quantitative estimate of drug-likeness (QED) is 0.885. The van der Waals surface area contributed by atoms with Gasteiger partial charge >= 0.3 is 0 Å². The molecule has 1 aliphatic heterocycles. The summed E-state index contributed by atoms with van der Waals surface area (Å²) in [5, 5.41) is 12.3. The van der Waals surface area contributed by atoms with Crippen LogP contribution in [0, 0.1) is 11.3 Å². The maximum absolute atomic E-state index is 8.82. The normalized spacial score (nSPS) is 23.7. The van der Waals surface area contributed by atoms with Crippen LogP contribution in [0.3, 0.4) is 0 Å². The Morgan fingerprint density at radius 2 is 2.06 bits per heavy atom. The number of aryl methyl sites for hydroxylation is 1. The van der Waals surface area contributed by atoms with E-state index in [2.05, 4.69) is 54.4 Å². The Hall–Kier alpha value is -1.53. The van der Waals surface area contributed by atoms with Gasteiger partial charge in [-0.2, -0.15) is 5.26 Å². The van der Waals surface area contributed by atoms with Gasteiger partial charge in [-0.1, -0.05) is 19.1 Å². The lowest BCUT2D eigenvalue weighted by Gasteiger charge is -2.38. The second-order valence-corrected chi connectivity index (χ2v) is 5.05. The molecule has 0 spiro atoms. The van der Waals surface area contributed by atoms with Crippen LogP contribution in [-0.4, -0.2) is 25.2 Å². The molecule has 0 radical (unpaired) electrons. The molecule has 0 aromatic heterocycles. The molecule has 96 valence electrons. The highest BCUT2D eigenvalue weighted by atomic mass is 15.2. The van der Waals surface area contributed by atoms with Crippen LogP contribution in [0.15, 0.2) is 24.3 Å². The molecule has 1 aliphatic rings. The molecule has 2 unspecified atom stereocenters. The van der Waals surface area contributed by atoms with Crippen molar-refractivity contribution in [1.29, 1.82) is 5.26 Å². The number of anilines is 1. The van der Waals surface area contributed by atoms with Gasteiger partial charge in [0.05, 0.1) is 12.5 Å². The zero-order chi connectivity index (χ0) is 13.0. The van der Waals surface area contributed by atoms with E-state index in [4.69, 9.17) is 5.26 Å². The van der Waals surface area contributed by atoms with Crippen molar-refractivity contribution in [3.8, 4) is 6.07 Å². The number of piperazine rings is 1. The van der Waals surface area contributed by atoms with E-state index in [1.807, 2.05) is 0 Å². The Morgan fingerprint density at radius 3 is 2.67 bits per heavy atom. The molecular weight excluding hydrogens is 222 g/mol. The SMILES string of the molecule is CCc1ccc(N2CC(C)NC(CC#N)C2)cc1. The summed E-state index contributed by atoms with van der Waals surface area (Å²) >= 11 is 0. The van der Waals surface area contributed by atoms with E-state index >= 15 is 0 Å². The molecule has 0 saturated carbocycles. The van der Waals surface area contributed by atoms with E-state index in [9.17, 15) is 0 Å². The minimum Gasteiger partial charge on any atom is -0.368 e. The fraction of sp³-hybridized carbons (Fsp3) is 0.533. The van der Waals surface area contributed by atoms with Gasteiger partial charge in [-0.3, -0.25) is 0 Å². The van der Waals surface area contributed by atoms with Crippen LogP contribution in [0.4, 0.5) is 5.69 Å². The number of benzene rings is 1. The molecule has 1 heterocycles. The molecule has 3 nitrogen and oxygen atoms in total. The summed E-state index contributed by atoms with van der Waals surface area (Å²) < 4.78 is 0. The molecule has 0 bridgehead atoms. The second kappa shape index (κ2) is 5.88. The molecule has 0 aliphatic carbocycles. The monoisotopic (exact) mass is 243 g/mol. The van der Waals surface area contributed by atoms with E-state index in [1.165, 1.54) is 11.3 Å². The summed E-state index contributed by atoms with van der Waals surface area (Å²) in [6, 6.07) is 11.8. The molecule has 1 aromatic carbocycles. The number of hydrogen-bond donors (Lipinski definition) is 1. The van der Waals surface area contributed by atoms with E-state index in [-0.39, 0.29) is 6.04 Å². The smallest absolute Gasteiger partial charge is 0.0638 e. The van der Waals surface area contributed by atoms with E-state index < -0.39 is 0 Å². The highest BCUT2D eigenvalue weighted by Gasteiger charge is 2.23. The van der Waals surface area contributed by atoms with Crippen LogP contribution >= 0.6 is 0 Å². The Bertz CT molecular complexity index is 418. The first kappa shape index (κ1) is 12.9. The number of nitrogens with one attached hydrogen (secondary N) is 1. The summed E-state index contributed by atoms with van der Waals surface area (Å²) in [5.41, 5.74) is 2.64. The lowest BCUT2D eigenvalue weighted by atomic mass is 10.1. The summed E-state index contributed by atoms with van der Waals surface area (Å²) in [4.78, 5) is 2.38. The number of nitrogens with zero attached hydrogens (tertiary/aromatic N) is 2. The predicted octanol–water partition coefficient (Wildman–Crippen LogP) is 2.33. The van der Waals surface area contributed by atoms with Gasteiger partial charge in [0.1, 0.15) is 0 Å². The molecule has 1 fully saturated rings. The third kappa shape index (κ3) is 3.02. The zero-order valence-corrected chi connectivity index (χ0v) is 11.2. The van der Waals surface area contributed by atoms with Gasteiger partial charge in [0.2, 0.25) is 0 Å². The van der Waals surface area contributed by atoms with E-state index in [0.717, 1.165) is 19.5 Å². The van der Waals surface area contributed by atoms with Crippen molar-refractivity contribution in [3.05, 3.63) is 29.8 Å². The van der Waals surface area contributed by atoms with Crippen molar-refractivity contribution >= 4 is 5.69 Å². The average molecular weight is 243 g/mol. The fourth-order valence-corrected chi connectivity index (χ4v) is 2.57. The van der Waals surface area contributed by atoms with Crippen LogP contribution < -0.4 is 10.2 Å². The maximum Gasteiger partial charge on any atom is 0.0638 e. The molecule has 18 heavy (non-hydrogen) atoms. The molecule has 1 N–H and O–H groups in total. The molecule has 2 rings (SSSR count). The highest BCUT2D eigenvalue weighted by Crippen LogP contribution is 2.19. The molecular formula is C15H21N3. The van der Waals surface area contributed by atoms with Gasteiger partial charge in [-0.05, 0) is 31.0 Å². The minimum absolute atomic E-state index is 0.282. The lowest BCUT2D eigenvalue weighted by molar-refractivity contribution is 0.391. The highest BCUT2D eigenvalue weighted by molar-refractivity contribution is 5.48. The van der Waals surface area contributed by atoms with Crippen molar-refractivity contribution < 1.29 is 0 Å². The first-order chi connectivity index (χ1) is 8.72. The average Bonchev–Trinajstić information content (AvgIpc) is 2.38. The van der Waals surface area contributed by atoms with Crippen LogP contribution in [-0.2, 0) is 6.42 Å². The molecule has 0 amide bonds. The fourth-order valence-electron chi connectivity index (χ4n) is 2.57. The predicted molar refractivity (Wildman–Crippen MR) is 74.6 cm³/mol. The number of nitriles is 1. The van der Waals surface area contributed by atoms with Crippen molar-refractivity contribution in [2.24, 2.45) is 0 Å². The van der Waals surface area contributed by atoms with Gasteiger partial charge in [0.25, 0.3) is 0 Å². The summed E-state index contributed by atoms with van der Waals surface area (Å²) in [5.74, 6) is 0.